The minimum atomic E-state index is -0.221. The number of rotatable bonds is 4. The molecule has 0 aromatic heterocycles. The number of benzene rings is 1. The van der Waals surface area contributed by atoms with Crippen LogP contribution in [-0.2, 0) is 6.54 Å². The number of nitrogens with one attached hydrogen (secondary N) is 1. The molecule has 18 heavy (non-hydrogen) atoms. The summed E-state index contributed by atoms with van der Waals surface area (Å²) in [6.45, 7) is 0.564. The van der Waals surface area contributed by atoms with Gasteiger partial charge in [0.1, 0.15) is 5.75 Å². The number of aromatic hydroxyl groups is 1. The molecule has 1 aliphatic carbocycles. The molecule has 1 aromatic carbocycles. The van der Waals surface area contributed by atoms with Crippen LogP contribution in [0.1, 0.15) is 31.2 Å². The lowest BCUT2D eigenvalue weighted by Gasteiger charge is -2.28. The van der Waals surface area contributed by atoms with E-state index in [-0.39, 0.29) is 22.9 Å². The third kappa shape index (κ3) is 2.91. The quantitative estimate of drug-likeness (QED) is 0.798. The molecule has 0 atom stereocenters. The zero-order valence-electron chi connectivity index (χ0n) is 10.0. The van der Waals surface area contributed by atoms with E-state index in [0.29, 0.717) is 17.1 Å². The normalized spacial score (nSPS) is 18.2. The van der Waals surface area contributed by atoms with Crippen molar-refractivity contribution < 1.29 is 10.2 Å². The SMILES string of the molecule is OCC1(NCc2cc(Cl)cc(Cl)c2O)CCCC1. The molecule has 100 valence electrons. The summed E-state index contributed by atoms with van der Waals surface area (Å²) in [5.41, 5.74) is 0.438. The van der Waals surface area contributed by atoms with E-state index in [9.17, 15) is 10.2 Å². The maximum absolute atomic E-state index is 9.86. The van der Waals surface area contributed by atoms with Crippen molar-refractivity contribution in [2.45, 2.75) is 37.8 Å². The number of halogens is 2. The Hall–Kier alpha value is -0.480. The Bertz CT molecular complexity index is 431. The van der Waals surface area contributed by atoms with Crippen LogP contribution >= 0.6 is 23.2 Å². The zero-order chi connectivity index (χ0) is 13.2. The first-order valence-electron chi connectivity index (χ1n) is 6.09. The Balaban J connectivity index is 2.10. The lowest BCUT2D eigenvalue weighted by molar-refractivity contribution is 0.162. The van der Waals surface area contributed by atoms with Gasteiger partial charge in [-0.05, 0) is 25.0 Å². The van der Waals surface area contributed by atoms with Gasteiger partial charge in [-0.2, -0.15) is 0 Å². The van der Waals surface area contributed by atoms with E-state index in [1.54, 1.807) is 6.07 Å². The minimum Gasteiger partial charge on any atom is -0.506 e. The van der Waals surface area contributed by atoms with Crippen molar-refractivity contribution in [2.24, 2.45) is 0 Å². The standard InChI is InChI=1S/C13H17Cl2NO2/c14-10-5-9(12(18)11(15)6-10)7-16-13(8-17)3-1-2-4-13/h5-6,16-18H,1-4,7-8H2. The molecule has 0 radical (unpaired) electrons. The molecule has 0 bridgehead atoms. The van der Waals surface area contributed by atoms with Crippen molar-refractivity contribution in [3.05, 3.63) is 27.7 Å². The number of aliphatic hydroxyl groups excluding tert-OH is 1. The maximum Gasteiger partial charge on any atom is 0.138 e. The van der Waals surface area contributed by atoms with Gasteiger partial charge in [0, 0.05) is 22.7 Å². The largest absolute Gasteiger partial charge is 0.506 e. The number of phenolic OH excluding ortho intramolecular Hbond substituents is 1. The van der Waals surface area contributed by atoms with Crippen molar-refractivity contribution in [1.82, 2.24) is 5.32 Å². The molecule has 1 fully saturated rings. The molecule has 3 N–H and O–H groups in total. The summed E-state index contributed by atoms with van der Waals surface area (Å²) in [6.07, 6.45) is 4.16. The van der Waals surface area contributed by atoms with Gasteiger partial charge < -0.3 is 15.5 Å². The molecule has 0 aliphatic heterocycles. The second-order valence-corrected chi connectivity index (χ2v) is 5.74. The smallest absolute Gasteiger partial charge is 0.138 e. The van der Waals surface area contributed by atoms with Crippen LogP contribution in [0.4, 0.5) is 0 Å². The van der Waals surface area contributed by atoms with E-state index >= 15 is 0 Å². The fourth-order valence-corrected chi connectivity index (χ4v) is 3.01. The van der Waals surface area contributed by atoms with Crippen LogP contribution < -0.4 is 5.32 Å². The van der Waals surface area contributed by atoms with Gasteiger partial charge in [-0.15, -0.1) is 0 Å². The highest BCUT2D eigenvalue weighted by molar-refractivity contribution is 6.35. The topological polar surface area (TPSA) is 52.5 Å². The average molecular weight is 290 g/mol. The van der Waals surface area contributed by atoms with E-state index in [1.165, 1.54) is 6.07 Å². The highest BCUT2D eigenvalue weighted by Gasteiger charge is 2.32. The fourth-order valence-electron chi connectivity index (χ4n) is 2.48. The summed E-state index contributed by atoms with van der Waals surface area (Å²) >= 11 is 11.8. The molecule has 2 rings (SSSR count). The third-order valence-electron chi connectivity index (χ3n) is 3.62. The lowest BCUT2D eigenvalue weighted by Crippen LogP contribution is -2.45. The van der Waals surface area contributed by atoms with Gasteiger partial charge in [-0.1, -0.05) is 36.0 Å². The summed E-state index contributed by atoms with van der Waals surface area (Å²) in [7, 11) is 0. The first-order valence-corrected chi connectivity index (χ1v) is 6.85. The van der Waals surface area contributed by atoms with Gasteiger partial charge in [0.2, 0.25) is 0 Å². The van der Waals surface area contributed by atoms with Crippen molar-refractivity contribution in [1.29, 1.82) is 0 Å². The summed E-state index contributed by atoms with van der Waals surface area (Å²) in [6, 6.07) is 3.20. The molecule has 0 amide bonds. The molecule has 0 unspecified atom stereocenters. The van der Waals surface area contributed by atoms with Crippen molar-refractivity contribution in [3.63, 3.8) is 0 Å². The molecular weight excluding hydrogens is 273 g/mol. The molecule has 3 nitrogen and oxygen atoms in total. The van der Waals surface area contributed by atoms with Gasteiger partial charge in [-0.3, -0.25) is 0 Å². The third-order valence-corrected chi connectivity index (χ3v) is 4.13. The fraction of sp³-hybridized carbons (Fsp3) is 0.538. The maximum atomic E-state index is 9.86. The number of hydrogen-bond donors (Lipinski definition) is 3. The molecule has 0 spiro atoms. The number of phenols is 1. The van der Waals surface area contributed by atoms with E-state index in [0.717, 1.165) is 25.7 Å². The van der Waals surface area contributed by atoms with E-state index in [2.05, 4.69) is 5.32 Å². The van der Waals surface area contributed by atoms with Crippen LogP contribution in [0, 0.1) is 0 Å². The van der Waals surface area contributed by atoms with Crippen molar-refractivity contribution in [3.8, 4) is 5.75 Å². The van der Waals surface area contributed by atoms with Gasteiger partial charge >= 0.3 is 0 Å². The average Bonchev–Trinajstić information content (AvgIpc) is 2.81. The van der Waals surface area contributed by atoms with Gasteiger partial charge in [0.05, 0.1) is 11.6 Å². The van der Waals surface area contributed by atoms with Crippen LogP contribution in [-0.4, -0.2) is 22.4 Å². The van der Waals surface area contributed by atoms with Crippen LogP contribution in [0.5, 0.6) is 5.75 Å². The molecule has 1 aromatic rings. The number of aliphatic hydroxyl groups is 1. The van der Waals surface area contributed by atoms with Crippen LogP contribution in [0.3, 0.4) is 0 Å². The first-order chi connectivity index (χ1) is 8.56. The molecule has 0 heterocycles. The number of hydrogen-bond acceptors (Lipinski definition) is 3. The molecule has 5 heteroatoms. The van der Waals surface area contributed by atoms with Crippen LogP contribution in [0.15, 0.2) is 12.1 Å². The summed E-state index contributed by atoms with van der Waals surface area (Å²) < 4.78 is 0. The second kappa shape index (κ2) is 5.66. The van der Waals surface area contributed by atoms with E-state index < -0.39 is 0 Å². The van der Waals surface area contributed by atoms with Crippen LogP contribution in [0.2, 0.25) is 10.0 Å². The van der Waals surface area contributed by atoms with Gasteiger partial charge in [0.25, 0.3) is 0 Å². The van der Waals surface area contributed by atoms with E-state index in [1.807, 2.05) is 0 Å². The molecule has 0 saturated heterocycles. The minimum absolute atomic E-state index is 0.0552. The summed E-state index contributed by atoms with van der Waals surface area (Å²) in [5.74, 6) is 0.0552. The Labute approximate surface area is 117 Å². The highest BCUT2D eigenvalue weighted by atomic mass is 35.5. The zero-order valence-corrected chi connectivity index (χ0v) is 11.6. The molecular formula is C13H17Cl2NO2. The summed E-state index contributed by atoms with van der Waals surface area (Å²) in [5, 5.41) is 23.4. The summed E-state index contributed by atoms with van der Waals surface area (Å²) in [4.78, 5) is 0. The van der Waals surface area contributed by atoms with Gasteiger partial charge in [0.15, 0.2) is 0 Å². The van der Waals surface area contributed by atoms with Crippen LogP contribution in [0.25, 0.3) is 0 Å². The van der Waals surface area contributed by atoms with E-state index in [4.69, 9.17) is 23.2 Å². The molecule has 1 saturated carbocycles. The monoisotopic (exact) mass is 289 g/mol. The first kappa shape index (κ1) is 13.9. The highest BCUT2D eigenvalue weighted by Crippen LogP contribution is 2.33. The van der Waals surface area contributed by atoms with Crippen molar-refractivity contribution in [2.75, 3.05) is 6.61 Å². The van der Waals surface area contributed by atoms with Crippen molar-refractivity contribution >= 4 is 23.2 Å². The lowest BCUT2D eigenvalue weighted by atomic mass is 9.98. The Morgan fingerprint density at radius 3 is 2.50 bits per heavy atom. The Morgan fingerprint density at radius 1 is 1.22 bits per heavy atom. The predicted molar refractivity (Wildman–Crippen MR) is 73.3 cm³/mol. The Morgan fingerprint density at radius 2 is 1.89 bits per heavy atom. The molecule has 1 aliphatic rings. The predicted octanol–water partition coefficient (Wildman–Crippen LogP) is 3.09. The Kier molecular flexibility index (Phi) is 4.38. The van der Waals surface area contributed by atoms with Gasteiger partial charge in [-0.25, -0.2) is 0 Å². The second-order valence-electron chi connectivity index (χ2n) is 4.89.